The van der Waals surface area contributed by atoms with E-state index in [2.05, 4.69) is 22.2 Å². The minimum Gasteiger partial charge on any atom is -0.369 e. The summed E-state index contributed by atoms with van der Waals surface area (Å²) in [5.41, 5.74) is 8.17. The normalized spacial score (nSPS) is 15.6. The van der Waals surface area contributed by atoms with Gasteiger partial charge in [0, 0.05) is 17.8 Å². The van der Waals surface area contributed by atoms with Gasteiger partial charge in [-0.3, -0.25) is 0 Å². The molecule has 1 aliphatic rings. The van der Waals surface area contributed by atoms with Gasteiger partial charge in [-0.15, -0.1) is 0 Å². The van der Waals surface area contributed by atoms with Crippen LogP contribution in [0.3, 0.4) is 0 Å². The highest BCUT2D eigenvalue weighted by Crippen LogP contribution is 2.25. The molecular formula is C13H22N4. The van der Waals surface area contributed by atoms with Crippen molar-refractivity contribution >= 4 is 5.82 Å². The molecule has 0 bridgehead atoms. The smallest absolute Gasteiger partial charge is 0.132 e. The zero-order valence-corrected chi connectivity index (χ0v) is 10.6. The number of nitrogens with two attached hydrogens (primary N) is 1. The van der Waals surface area contributed by atoms with Crippen LogP contribution in [-0.4, -0.2) is 23.1 Å². The fourth-order valence-corrected chi connectivity index (χ4v) is 2.44. The third-order valence-electron chi connectivity index (χ3n) is 3.59. The predicted molar refractivity (Wildman–Crippen MR) is 70.0 cm³/mol. The van der Waals surface area contributed by atoms with Crippen LogP contribution in [0.2, 0.25) is 0 Å². The van der Waals surface area contributed by atoms with Gasteiger partial charge in [-0.1, -0.05) is 13.3 Å². The lowest BCUT2D eigenvalue weighted by atomic mass is 10.0. The van der Waals surface area contributed by atoms with Crippen molar-refractivity contribution in [3.63, 3.8) is 0 Å². The maximum Gasteiger partial charge on any atom is 0.132 e. The summed E-state index contributed by atoms with van der Waals surface area (Å²) in [6.45, 7) is 3.95. The highest BCUT2D eigenvalue weighted by atomic mass is 15.0. The Bertz CT molecular complexity index is 364. The van der Waals surface area contributed by atoms with Crippen molar-refractivity contribution in [2.75, 3.05) is 18.4 Å². The fourth-order valence-electron chi connectivity index (χ4n) is 2.44. The highest BCUT2D eigenvalue weighted by molar-refractivity contribution is 5.47. The number of nitrogens with zero attached hydrogens (tertiary/aromatic N) is 2. The first-order valence-electron chi connectivity index (χ1n) is 6.61. The van der Waals surface area contributed by atoms with Crippen molar-refractivity contribution in [3.8, 4) is 0 Å². The lowest BCUT2D eigenvalue weighted by Crippen LogP contribution is -2.18. The van der Waals surface area contributed by atoms with E-state index in [0.717, 1.165) is 44.6 Å². The lowest BCUT2D eigenvalue weighted by Gasteiger charge is -2.16. The van der Waals surface area contributed by atoms with E-state index in [9.17, 15) is 0 Å². The summed E-state index contributed by atoms with van der Waals surface area (Å²) < 4.78 is 0. The van der Waals surface area contributed by atoms with Gasteiger partial charge in [0.2, 0.25) is 0 Å². The standard InChI is InChI=1S/C13H22N4/c1-2-10(6-7-14)8-15-13-11-4-3-5-12(11)16-9-17-13/h9-10H,2-8,14H2,1H3,(H,15,16,17). The molecule has 17 heavy (non-hydrogen) atoms. The van der Waals surface area contributed by atoms with Crippen molar-refractivity contribution in [3.05, 3.63) is 17.6 Å². The van der Waals surface area contributed by atoms with E-state index in [1.165, 1.54) is 17.7 Å². The maximum atomic E-state index is 5.61. The summed E-state index contributed by atoms with van der Waals surface area (Å²) >= 11 is 0. The summed E-state index contributed by atoms with van der Waals surface area (Å²) in [5.74, 6) is 1.69. The SMILES string of the molecule is CCC(CCN)CNc1ncnc2c1CCC2. The lowest BCUT2D eigenvalue weighted by molar-refractivity contribution is 0.500. The molecule has 1 heterocycles. The van der Waals surface area contributed by atoms with E-state index in [-0.39, 0.29) is 0 Å². The molecule has 0 saturated carbocycles. The van der Waals surface area contributed by atoms with E-state index in [1.807, 2.05) is 0 Å². The van der Waals surface area contributed by atoms with Gasteiger partial charge in [0.1, 0.15) is 12.1 Å². The summed E-state index contributed by atoms with van der Waals surface area (Å²) in [4.78, 5) is 8.70. The second-order valence-corrected chi connectivity index (χ2v) is 4.73. The molecule has 0 amide bonds. The third kappa shape index (κ3) is 2.94. The zero-order chi connectivity index (χ0) is 12.1. The van der Waals surface area contributed by atoms with Crippen LogP contribution in [-0.2, 0) is 12.8 Å². The Morgan fingerprint density at radius 1 is 1.41 bits per heavy atom. The number of hydrogen-bond acceptors (Lipinski definition) is 4. The predicted octanol–water partition coefficient (Wildman–Crippen LogP) is 1.75. The molecule has 0 aromatic carbocycles. The van der Waals surface area contributed by atoms with Crippen LogP contribution in [0.5, 0.6) is 0 Å². The van der Waals surface area contributed by atoms with E-state index in [0.29, 0.717) is 5.92 Å². The van der Waals surface area contributed by atoms with Crippen molar-refractivity contribution in [1.29, 1.82) is 0 Å². The van der Waals surface area contributed by atoms with E-state index < -0.39 is 0 Å². The van der Waals surface area contributed by atoms with Gasteiger partial charge in [0.25, 0.3) is 0 Å². The van der Waals surface area contributed by atoms with Crippen molar-refractivity contribution in [1.82, 2.24) is 9.97 Å². The van der Waals surface area contributed by atoms with Crippen LogP contribution in [0.15, 0.2) is 6.33 Å². The molecule has 0 spiro atoms. The molecular weight excluding hydrogens is 212 g/mol. The van der Waals surface area contributed by atoms with Gasteiger partial charge in [-0.05, 0) is 38.1 Å². The topological polar surface area (TPSA) is 63.8 Å². The summed E-state index contributed by atoms with van der Waals surface area (Å²) in [6, 6.07) is 0. The Hall–Kier alpha value is -1.16. The minimum atomic E-state index is 0.645. The quantitative estimate of drug-likeness (QED) is 0.787. The molecule has 94 valence electrons. The summed E-state index contributed by atoms with van der Waals surface area (Å²) in [5, 5.41) is 3.47. The minimum absolute atomic E-state index is 0.645. The number of nitrogens with one attached hydrogen (secondary N) is 1. The molecule has 4 nitrogen and oxygen atoms in total. The fraction of sp³-hybridized carbons (Fsp3) is 0.692. The first-order valence-corrected chi connectivity index (χ1v) is 6.61. The Morgan fingerprint density at radius 3 is 3.06 bits per heavy atom. The Labute approximate surface area is 103 Å². The second-order valence-electron chi connectivity index (χ2n) is 4.73. The molecule has 0 saturated heterocycles. The Morgan fingerprint density at radius 2 is 2.29 bits per heavy atom. The van der Waals surface area contributed by atoms with Gasteiger partial charge < -0.3 is 11.1 Å². The summed E-state index contributed by atoms with van der Waals surface area (Å²) in [6.07, 6.45) is 7.35. The van der Waals surface area contributed by atoms with Crippen LogP contribution in [0.25, 0.3) is 0 Å². The number of aryl methyl sites for hydroxylation is 1. The van der Waals surface area contributed by atoms with Crippen molar-refractivity contribution < 1.29 is 0 Å². The molecule has 1 aromatic heterocycles. The first-order chi connectivity index (χ1) is 8.35. The Kier molecular flexibility index (Phi) is 4.31. The molecule has 0 radical (unpaired) electrons. The summed E-state index contributed by atoms with van der Waals surface area (Å²) in [7, 11) is 0. The van der Waals surface area contributed by atoms with Gasteiger partial charge in [0.05, 0.1) is 0 Å². The number of aromatic nitrogens is 2. The number of rotatable bonds is 6. The van der Waals surface area contributed by atoms with Crippen LogP contribution >= 0.6 is 0 Å². The monoisotopic (exact) mass is 234 g/mol. The molecule has 1 aromatic rings. The average molecular weight is 234 g/mol. The molecule has 0 fully saturated rings. The second kappa shape index (κ2) is 5.96. The molecule has 3 N–H and O–H groups in total. The molecule has 0 aliphatic heterocycles. The van der Waals surface area contributed by atoms with Crippen molar-refractivity contribution in [2.45, 2.75) is 39.0 Å². The number of hydrogen-bond donors (Lipinski definition) is 2. The number of fused-ring (bicyclic) bond motifs is 1. The van der Waals surface area contributed by atoms with E-state index >= 15 is 0 Å². The van der Waals surface area contributed by atoms with E-state index in [4.69, 9.17) is 5.73 Å². The van der Waals surface area contributed by atoms with Crippen LogP contribution < -0.4 is 11.1 Å². The molecule has 1 unspecified atom stereocenters. The largest absolute Gasteiger partial charge is 0.369 e. The van der Waals surface area contributed by atoms with Gasteiger partial charge >= 0.3 is 0 Å². The zero-order valence-electron chi connectivity index (χ0n) is 10.6. The first kappa shape index (κ1) is 12.3. The molecule has 1 atom stereocenters. The van der Waals surface area contributed by atoms with E-state index in [1.54, 1.807) is 6.33 Å². The number of anilines is 1. The van der Waals surface area contributed by atoms with Crippen LogP contribution in [0.4, 0.5) is 5.82 Å². The van der Waals surface area contributed by atoms with Gasteiger partial charge in [-0.25, -0.2) is 9.97 Å². The maximum absolute atomic E-state index is 5.61. The van der Waals surface area contributed by atoms with Crippen LogP contribution in [0.1, 0.15) is 37.4 Å². The molecule has 2 rings (SSSR count). The molecule has 4 heteroatoms. The van der Waals surface area contributed by atoms with Crippen molar-refractivity contribution in [2.24, 2.45) is 11.7 Å². The molecule has 1 aliphatic carbocycles. The van der Waals surface area contributed by atoms with Gasteiger partial charge in [0.15, 0.2) is 0 Å². The highest BCUT2D eigenvalue weighted by Gasteiger charge is 2.17. The van der Waals surface area contributed by atoms with Gasteiger partial charge in [-0.2, -0.15) is 0 Å². The van der Waals surface area contributed by atoms with Crippen LogP contribution in [0, 0.1) is 5.92 Å². The Balaban J connectivity index is 1.97. The third-order valence-corrected chi connectivity index (χ3v) is 3.59. The average Bonchev–Trinajstić information content (AvgIpc) is 2.83.